The normalized spacial score (nSPS) is 19.6. The second kappa shape index (κ2) is 7.06. The van der Waals surface area contributed by atoms with Crippen molar-refractivity contribution in [2.24, 2.45) is 0 Å². The Morgan fingerprint density at radius 2 is 1.79 bits per heavy atom. The Labute approximate surface area is 168 Å². The minimum absolute atomic E-state index is 0.178. The third kappa shape index (κ3) is 3.01. The number of carbonyl (C=O) groups is 2. The van der Waals surface area contributed by atoms with Crippen LogP contribution >= 0.6 is 11.6 Å². The zero-order valence-corrected chi connectivity index (χ0v) is 15.6. The molecule has 1 aliphatic heterocycles. The fourth-order valence-electron chi connectivity index (χ4n) is 3.37. The Bertz CT molecular complexity index is 1030. The predicted octanol–water partition coefficient (Wildman–Crippen LogP) is 3.52. The molecule has 0 radical (unpaired) electrons. The van der Waals surface area contributed by atoms with E-state index in [0.717, 1.165) is 23.1 Å². The first-order valence-corrected chi connectivity index (χ1v) is 8.57. The van der Waals surface area contributed by atoms with E-state index < -0.39 is 47.1 Å². The van der Waals surface area contributed by atoms with Crippen LogP contribution in [0.15, 0.2) is 42.5 Å². The van der Waals surface area contributed by atoms with Crippen LogP contribution in [0.2, 0.25) is 5.02 Å². The Hall–Kier alpha value is -3.09. The Morgan fingerprint density at radius 3 is 2.31 bits per heavy atom. The Balaban J connectivity index is 2.25. The quantitative estimate of drug-likeness (QED) is 0.765. The number of nitriles is 1. The number of anilines is 1. The summed E-state index contributed by atoms with van der Waals surface area (Å²) >= 11 is 5.84. The maximum atomic E-state index is 13.7. The molecular weight excluding hydrogens is 411 g/mol. The first-order chi connectivity index (χ1) is 13.6. The molecule has 3 amide bonds. The molecule has 1 aliphatic rings. The van der Waals surface area contributed by atoms with Crippen molar-refractivity contribution in [1.82, 2.24) is 4.90 Å². The average molecular weight is 424 g/mol. The standard InChI is InChI=1S/C19H13ClF3N3O3/c1-25-17(29)26(14-4-2-3-11(9-24)15(14)19(21,22)23)16(28)18(25,10-27)12-5-7-13(20)8-6-12/h2-8,27H,10H2,1H3. The molecule has 1 heterocycles. The zero-order valence-electron chi connectivity index (χ0n) is 14.9. The number of amides is 3. The van der Waals surface area contributed by atoms with Gasteiger partial charge in [0, 0.05) is 12.1 Å². The van der Waals surface area contributed by atoms with Crippen LogP contribution in [0.5, 0.6) is 0 Å². The van der Waals surface area contributed by atoms with Gasteiger partial charge in [-0.1, -0.05) is 29.8 Å². The largest absolute Gasteiger partial charge is 0.419 e. The molecule has 2 aromatic rings. The second-order valence-electron chi connectivity index (χ2n) is 6.32. The number of halogens is 4. The SMILES string of the molecule is CN1C(=O)N(c2cccc(C#N)c2C(F)(F)F)C(=O)C1(CO)c1ccc(Cl)cc1. The lowest BCUT2D eigenvalue weighted by Gasteiger charge is -2.31. The first kappa shape index (κ1) is 20.6. The van der Waals surface area contributed by atoms with Gasteiger partial charge in [-0.3, -0.25) is 4.79 Å². The van der Waals surface area contributed by atoms with Crippen molar-refractivity contribution in [2.45, 2.75) is 11.7 Å². The monoisotopic (exact) mass is 423 g/mol. The van der Waals surface area contributed by atoms with E-state index in [2.05, 4.69) is 0 Å². The highest BCUT2D eigenvalue weighted by molar-refractivity contribution is 6.30. The van der Waals surface area contributed by atoms with Crippen LogP contribution in [0.1, 0.15) is 16.7 Å². The molecule has 29 heavy (non-hydrogen) atoms. The lowest BCUT2D eigenvalue weighted by atomic mass is 9.89. The summed E-state index contributed by atoms with van der Waals surface area (Å²) in [5, 5.41) is 19.5. The van der Waals surface area contributed by atoms with Crippen molar-refractivity contribution < 1.29 is 27.9 Å². The summed E-state index contributed by atoms with van der Waals surface area (Å²) in [6, 6.07) is 9.05. The summed E-state index contributed by atoms with van der Waals surface area (Å²) in [6.07, 6.45) is -4.99. The van der Waals surface area contributed by atoms with Crippen LogP contribution in [0.4, 0.5) is 23.7 Å². The number of benzene rings is 2. The Morgan fingerprint density at radius 1 is 1.17 bits per heavy atom. The molecular formula is C19H13ClF3N3O3. The summed E-state index contributed by atoms with van der Waals surface area (Å²) in [7, 11) is 1.20. The van der Waals surface area contributed by atoms with Gasteiger partial charge in [-0.2, -0.15) is 18.4 Å². The molecule has 3 rings (SSSR count). The number of rotatable bonds is 3. The van der Waals surface area contributed by atoms with Crippen molar-refractivity contribution >= 4 is 29.2 Å². The van der Waals surface area contributed by atoms with Gasteiger partial charge in [0.05, 0.1) is 29.5 Å². The number of aliphatic hydroxyl groups excluding tert-OH is 1. The maximum Gasteiger partial charge on any atom is 0.419 e. The molecule has 10 heteroatoms. The van der Waals surface area contributed by atoms with Crippen LogP contribution < -0.4 is 4.90 Å². The van der Waals surface area contributed by atoms with Crippen LogP contribution in [-0.2, 0) is 16.5 Å². The summed E-state index contributed by atoms with van der Waals surface area (Å²) in [5.41, 5.74) is -4.66. The van der Waals surface area contributed by atoms with E-state index in [1.165, 1.54) is 37.4 Å². The number of nitrogens with zero attached hydrogens (tertiary/aromatic N) is 3. The number of carbonyl (C=O) groups excluding carboxylic acids is 2. The third-order valence-corrected chi connectivity index (χ3v) is 5.10. The molecule has 1 saturated heterocycles. The van der Waals surface area contributed by atoms with E-state index in [9.17, 15) is 27.9 Å². The lowest BCUT2D eigenvalue weighted by Crippen LogP contribution is -2.48. The van der Waals surface area contributed by atoms with Crippen LogP contribution in [0.25, 0.3) is 0 Å². The summed E-state index contributed by atoms with van der Waals surface area (Å²) in [4.78, 5) is 27.3. The van der Waals surface area contributed by atoms with E-state index in [-0.39, 0.29) is 5.56 Å². The number of alkyl halides is 3. The highest BCUT2D eigenvalue weighted by Gasteiger charge is 2.58. The summed E-state index contributed by atoms with van der Waals surface area (Å²) < 4.78 is 41.0. The number of likely N-dealkylation sites (N-methyl/N-ethyl adjacent to an activating group) is 1. The van der Waals surface area contributed by atoms with Crippen molar-refractivity contribution in [3.8, 4) is 6.07 Å². The number of hydrogen-bond acceptors (Lipinski definition) is 4. The van der Waals surface area contributed by atoms with Crippen molar-refractivity contribution in [3.05, 3.63) is 64.2 Å². The Kier molecular flexibility index (Phi) is 5.03. The number of urea groups is 1. The van der Waals surface area contributed by atoms with Crippen molar-refractivity contribution in [2.75, 3.05) is 18.6 Å². The maximum absolute atomic E-state index is 13.7. The average Bonchev–Trinajstić information content (AvgIpc) is 2.87. The summed E-state index contributed by atoms with van der Waals surface area (Å²) in [5.74, 6) is -1.07. The molecule has 0 aromatic heterocycles. The van der Waals surface area contributed by atoms with Gasteiger partial charge in [-0.05, 0) is 29.8 Å². The van der Waals surface area contributed by atoms with Gasteiger partial charge in [-0.25, -0.2) is 9.69 Å². The highest BCUT2D eigenvalue weighted by Crippen LogP contribution is 2.44. The fraction of sp³-hybridized carbons (Fsp3) is 0.211. The van der Waals surface area contributed by atoms with Gasteiger partial charge in [0.2, 0.25) is 0 Å². The molecule has 0 bridgehead atoms. The van der Waals surface area contributed by atoms with E-state index in [1.54, 1.807) is 0 Å². The number of hydrogen-bond donors (Lipinski definition) is 1. The van der Waals surface area contributed by atoms with Crippen molar-refractivity contribution in [3.63, 3.8) is 0 Å². The molecule has 1 atom stereocenters. The number of imide groups is 1. The van der Waals surface area contributed by atoms with E-state index in [4.69, 9.17) is 16.9 Å². The smallest absolute Gasteiger partial charge is 0.393 e. The van der Waals surface area contributed by atoms with Crippen LogP contribution in [-0.4, -0.2) is 35.6 Å². The highest BCUT2D eigenvalue weighted by atomic mass is 35.5. The van der Waals surface area contributed by atoms with Crippen molar-refractivity contribution in [1.29, 1.82) is 5.26 Å². The van der Waals surface area contributed by atoms with E-state index >= 15 is 0 Å². The van der Waals surface area contributed by atoms with Gasteiger partial charge in [0.15, 0.2) is 5.54 Å². The summed E-state index contributed by atoms with van der Waals surface area (Å²) in [6.45, 7) is -0.870. The molecule has 6 nitrogen and oxygen atoms in total. The molecule has 0 aliphatic carbocycles. The lowest BCUT2D eigenvalue weighted by molar-refractivity contribution is -0.137. The molecule has 150 valence electrons. The second-order valence-corrected chi connectivity index (χ2v) is 6.75. The predicted molar refractivity (Wildman–Crippen MR) is 97.0 cm³/mol. The molecule has 2 aromatic carbocycles. The molecule has 1 fully saturated rings. The van der Waals surface area contributed by atoms with Crippen LogP contribution in [0.3, 0.4) is 0 Å². The minimum Gasteiger partial charge on any atom is -0.393 e. The molecule has 0 spiro atoms. The van der Waals surface area contributed by atoms with Gasteiger partial charge >= 0.3 is 12.2 Å². The van der Waals surface area contributed by atoms with Gasteiger partial charge < -0.3 is 10.0 Å². The van der Waals surface area contributed by atoms with Gasteiger partial charge in [-0.15, -0.1) is 0 Å². The molecule has 0 saturated carbocycles. The zero-order chi connectivity index (χ0) is 21.6. The van der Waals surface area contributed by atoms with Crippen LogP contribution in [0, 0.1) is 11.3 Å². The van der Waals surface area contributed by atoms with Gasteiger partial charge in [0.25, 0.3) is 5.91 Å². The number of aliphatic hydroxyl groups is 1. The topological polar surface area (TPSA) is 84.6 Å². The van der Waals surface area contributed by atoms with Gasteiger partial charge in [0.1, 0.15) is 0 Å². The third-order valence-electron chi connectivity index (χ3n) is 4.85. The fourth-order valence-corrected chi connectivity index (χ4v) is 3.49. The minimum atomic E-state index is -4.99. The first-order valence-electron chi connectivity index (χ1n) is 8.19. The molecule has 1 N–H and O–H groups in total. The van der Waals surface area contributed by atoms with E-state index in [1.807, 2.05) is 0 Å². The van der Waals surface area contributed by atoms with E-state index in [0.29, 0.717) is 9.92 Å². The molecule has 1 unspecified atom stereocenters.